The van der Waals surface area contributed by atoms with Gasteiger partial charge in [0, 0.05) is 19.7 Å². The Hall–Kier alpha value is -2.67. The van der Waals surface area contributed by atoms with E-state index in [1.54, 1.807) is 0 Å². The summed E-state index contributed by atoms with van der Waals surface area (Å²) in [5.74, 6) is 1.21. The Morgan fingerprint density at radius 2 is 2.12 bits per heavy atom. The lowest BCUT2D eigenvalue weighted by molar-refractivity contribution is -0.139. The Kier molecular flexibility index (Phi) is 5.68. The van der Waals surface area contributed by atoms with Crippen LogP contribution in [0.2, 0.25) is 0 Å². The highest BCUT2D eigenvalue weighted by Crippen LogP contribution is 2.33. The lowest BCUT2D eigenvalue weighted by Crippen LogP contribution is -2.24. The summed E-state index contributed by atoms with van der Waals surface area (Å²) in [6, 6.07) is 9.91. The Balaban J connectivity index is 1.69. The number of carbonyl (C=O) groups is 1. The zero-order valence-electron chi connectivity index (χ0n) is 15.1. The minimum absolute atomic E-state index is 0.284. The second-order valence-corrected chi connectivity index (χ2v) is 6.43. The third-order valence-corrected chi connectivity index (χ3v) is 4.49. The molecule has 0 radical (unpaired) electrons. The molecule has 7 heteroatoms. The number of likely N-dealkylation sites (tertiary alicyclic amines) is 1. The van der Waals surface area contributed by atoms with Crippen LogP contribution in [0.3, 0.4) is 0 Å². The van der Waals surface area contributed by atoms with Gasteiger partial charge in [-0.1, -0.05) is 12.1 Å². The van der Waals surface area contributed by atoms with Crippen molar-refractivity contribution in [2.24, 2.45) is 0 Å². The molecule has 2 heterocycles. The molecule has 1 fully saturated rings. The third-order valence-electron chi connectivity index (χ3n) is 4.49. The van der Waals surface area contributed by atoms with Crippen LogP contribution < -0.4 is 10.1 Å². The number of carboxylic acid groups (broad SMARTS) is 1. The van der Waals surface area contributed by atoms with Crippen LogP contribution in [-0.4, -0.2) is 46.1 Å². The molecule has 0 spiro atoms. The van der Waals surface area contributed by atoms with Crippen molar-refractivity contribution in [2.45, 2.75) is 32.4 Å². The smallest absolute Gasteiger partial charge is 0.341 e. The van der Waals surface area contributed by atoms with Crippen molar-refractivity contribution < 1.29 is 14.6 Å². The molecule has 1 aromatic heterocycles. The number of ether oxygens (including phenoxy) is 1. The maximum absolute atomic E-state index is 10.6. The van der Waals surface area contributed by atoms with E-state index in [4.69, 9.17) is 9.84 Å². The van der Waals surface area contributed by atoms with Gasteiger partial charge in [0.2, 0.25) is 0 Å². The molecule has 3 rings (SSSR count). The van der Waals surface area contributed by atoms with E-state index < -0.39 is 5.97 Å². The Labute approximate surface area is 153 Å². The van der Waals surface area contributed by atoms with Gasteiger partial charge in [-0.25, -0.2) is 14.8 Å². The van der Waals surface area contributed by atoms with Crippen molar-refractivity contribution >= 4 is 11.8 Å². The van der Waals surface area contributed by atoms with Crippen LogP contribution in [0.15, 0.2) is 30.3 Å². The molecule has 2 N–H and O–H groups in total. The molecular weight excluding hydrogens is 332 g/mol. The van der Waals surface area contributed by atoms with Crippen LogP contribution in [0.4, 0.5) is 5.82 Å². The van der Waals surface area contributed by atoms with Gasteiger partial charge in [0.15, 0.2) is 6.61 Å². The average Bonchev–Trinajstić information content (AvgIpc) is 3.08. The summed E-state index contributed by atoms with van der Waals surface area (Å²) in [4.78, 5) is 22.0. The highest BCUT2D eigenvalue weighted by molar-refractivity contribution is 5.68. The molecule has 0 aliphatic carbocycles. The molecule has 1 aromatic carbocycles. The Morgan fingerprint density at radius 3 is 2.81 bits per heavy atom. The number of nitrogens with zero attached hydrogens (tertiary/aromatic N) is 3. The minimum atomic E-state index is -0.977. The Bertz CT molecular complexity index is 764. The van der Waals surface area contributed by atoms with Gasteiger partial charge in [-0.2, -0.15) is 0 Å². The largest absolute Gasteiger partial charge is 0.482 e. The van der Waals surface area contributed by atoms with E-state index in [0.29, 0.717) is 5.75 Å². The first kappa shape index (κ1) is 18.1. The number of anilines is 1. The van der Waals surface area contributed by atoms with Gasteiger partial charge < -0.3 is 15.2 Å². The molecule has 1 aliphatic heterocycles. The molecule has 1 aliphatic rings. The standard InChI is InChI=1S/C19H24N4O3/c1-13-21-16(10-18(20-2)22-13)17-4-3-9-23(17)11-14-5-7-15(8-6-14)26-12-19(24)25/h5-8,10,17H,3-4,9,11-12H2,1-2H3,(H,24,25)(H,20,21,22)/t17-/m1/s1. The Morgan fingerprint density at radius 1 is 1.35 bits per heavy atom. The molecule has 138 valence electrons. The molecule has 0 amide bonds. The number of rotatable bonds is 7. The van der Waals surface area contributed by atoms with Crippen molar-refractivity contribution in [3.8, 4) is 5.75 Å². The summed E-state index contributed by atoms with van der Waals surface area (Å²) < 4.78 is 5.18. The van der Waals surface area contributed by atoms with Crippen LogP contribution in [-0.2, 0) is 11.3 Å². The number of hydrogen-bond donors (Lipinski definition) is 2. The van der Waals surface area contributed by atoms with Crippen LogP contribution >= 0.6 is 0 Å². The molecule has 2 aromatic rings. The summed E-state index contributed by atoms with van der Waals surface area (Å²) in [6.07, 6.45) is 2.22. The van der Waals surface area contributed by atoms with Crippen molar-refractivity contribution in [2.75, 3.05) is 25.5 Å². The number of aliphatic carboxylic acids is 1. The SMILES string of the molecule is CNc1cc([C@H]2CCCN2Cc2ccc(OCC(=O)O)cc2)nc(C)n1. The summed E-state index contributed by atoms with van der Waals surface area (Å²) in [5.41, 5.74) is 2.22. The highest BCUT2D eigenvalue weighted by atomic mass is 16.5. The van der Waals surface area contributed by atoms with Gasteiger partial charge in [0.25, 0.3) is 0 Å². The molecular formula is C19H24N4O3. The van der Waals surface area contributed by atoms with Gasteiger partial charge >= 0.3 is 5.97 Å². The van der Waals surface area contributed by atoms with Crippen LogP contribution in [0.5, 0.6) is 5.75 Å². The molecule has 0 bridgehead atoms. The minimum Gasteiger partial charge on any atom is -0.482 e. The van der Waals surface area contributed by atoms with Gasteiger partial charge in [-0.05, 0) is 44.0 Å². The fourth-order valence-electron chi connectivity index (χ4n) is 3.31. The fourth-order valence-corrected chi connectivity index (χ4v) is 3.31. The zero-order valence-corrected chi connectivity index (χ0v) is 15.1. The quantitative estimate of drug-likeness (QED) is 0.788. The van der Waals surface area contributed by atoms with E-state index in [2.05, 4.69) is 20.2 Å². The van der Waals surface area contributed by atoms with Gasteiger partial charge in [-0.15, -0.1) is 0 Å². The topological polar surface area (TPSA) is 87.6 Å². The van der Waals surface area contributed by atoms with Crippen LogP contribution in [0, 0.1) is 6.92 Å². The van der Waals surface area contributed by atoms with Crippen molar-refractivity contribution in [1.29, 1.82) is 0 Å². The van der Waals surface area contributed by atoms with Crippen molar-refractivity contribution in [1.82, 2.24) is 14.9 Å². The molecule has 26 heavy (non-hydrogen) atoms. The van der Waals surface area contributed by atoms with Crippen molar-refractivity contribution in [3.63, 3.8) is 0 Å². The van der Waals surface area contributed by atoms with Gasteiger partial charge in [-0.3, -0.25) is 4.90 Å². The second kappa shape index (κ2) is 8.14. The number of aromatic nitrogens is 2. The lowest BCUT2D eigenvalue weighted by atomic mass is 10.1. The molecule has 0 unspecified atom stereocenters. The van der Waals surface area contributed by atoms with Gasteiger partial charge in [0.1, 0.15) is 17.4 Å². The predicted octanol–water partition coefficient (Wildman–Crippen LogP) is 2.63. The summed E-state index contributed by atoms with van der Waals surface area (Å²) in [6.45, 7) is 3.44. The number of carboxylic acids is 1. The summed E-state index contributed by atoms with van der Waals surface area (Å²) >= 11 is 0. The number of benzene rings is 1. The molecule has 1 saturated heterocycles. The first-order valence-corrected chi connectivity index (χ1v) is 8.76. The van der Waals surface area contributed by atoms with Crippen molar-refractivity contribution in [3.05, 3.63) is 47.4 Å². The molecule has 1 atom stereocenters. The zero-order chi connectivity index (χ0) is 18.5. The normalized spacial score (nSPS) is 17.2. The van der Waals surface area contributed by atoms with Crippen LogP contribution in [0.1, 0.15) is 36.0 Å². The van der Waals surface area contributed by atoms with E-state index in [0.717, 1.165) is 43.3 Å². The monoisotopic (exact) mass is 356 g/mol. The van der Waals surface area contributed by atoms with Gasteiger partial charge in [0.05, 0.1) is 11.7 Å². The third kappa shape index (κ3) is 4.49. The summed E-state index contributed by atoms with van der Waals surface area (Å²) in [7, 11) is 1.87. The number of aryl methyl sites for hydroxylation is 1. The first-order valence-electron chi connectivity index (χ1n) is 8.76. The van der Waals surface area contributed by atoms with E-state index in [9.17, 15) is 4.79 Å². The number of nitrogens with one attached hydrogen (secondary N) is 1. The number of hydrogen-bond acceptors (Lipinski definition) is 6. The van der Waals surface area contributed by atoms with Crippen LogP contribution in [0.25, 0.3) is 0 Å². The fraction of sp³-hybridized carbons (Fsp3) is 0.421. The predicted molar refractivity (Wildman–Crippen MR) is 98.3 cm³/mol. The lowest BCUT2D eigenvalue weighted by Gasteiger charge is -2.24. The molecule has 0 saturated carbocycles. The van der Waals surface area contributed by atoms with E-state index in [1.807, 2.05) is 44.3 Å². The summed E-state index contributed by atoms with van der Waals surface area (Å²) in [5, 5.41) is 11.8. The second-order valence-electron chi connectivity index (χ2n) is 6.43. The maximum Gasteiger partial charge on any atom is 0.341 e. The van der Waals surface area contributed by atoms with E-state index in [-0.39, 0.29) is 12.6 Å². The van der Waals surface area contributed by atoms with E-state index in [1.165, 1.54) is 5.56 Å². The average molecular weight is 356 g/mol. The highest BCUT2D eigenvalue weighted by Gasteiger charge is 2.27. The first-order chi connectivity index (χ1) is 12.5. The molecule has 7 nitrogen and oxygen atoms in total. The van der Waals surface area contributed by atoms with E-state index >= 15 is 0 Å². The maximum atomic E-state index is 10.6.